The Hall–Kier alpha value is -0.495. The van der Waals surface area contributed by atoms with Gasteiger partial charge in [0, 0.05) is 0 Å². The molecule has 0 saturated carbocycles. The second-order valence-electron chi connectivity index (χ2n) is 4.53. The number of hydrogen-bond donors (Lipinski definition) is 0. The molecule has 82 valence electrons. The number of allylic oxidation sites excluding steroid dienone is 1. The van der Waals surface area contributed by atoms with Gasteiger partial charge in [-0.15, -0.1) is 0 Å². The van der Waals surface area contributed by atoms with Crippen LogP contribution in [-0.4, -0.2) is 31.3 Å². The maximum Gasteiger partial charge on any atom is 0.0965 e. The molecule has 2 unspecified atom stereocenters. The summed E-state index contributed by atoms with van der Waals surface area (Å²) in [4.78, 5) is 2.38. The molecule has 15 heavy (non-hydrogen) atoms. The molecule has 0 spiro atoms. The van der Waals surface area contributed by atoms with Crippen molar-refractivity contribution in [1.82, 2.24) is 4.90 Å². The summed E-state index contributed by atoms with van der Waals surface area (Å²) in [5.74, 6) is 0.287. The first-order chi connectivity index (χ1) is 7.06. The Balaban J connectivity index is 2.85. The SMILES string of the molecule is [B]C1(C(C)C(=C)C=C)CCCCN1CC. The van der Waals surface area contributed by atoms with Crippen LogP contribution in [0, 0.1) is 5.92 Å². The first-order valence-corrected chi connectivity index (χ1v) is 5.91. The highest BCUT2D eigenvalue weighted by Crippen LogP contribution is 2.35. The van der Waals surface area contributed by atoms with Crippen LogP contribution >= 0.6 is 0 Å². The van der Waals surface area contributed by atoms with Crippen LogP contribution in [0.4, 0.5) is 0 Å². The molecule has 0 N–H and O–H groups in total. The van der Waals surface area contributed by atoms with Crippen LogP contribution in [0.25, 0.3) is 0 Å². The summed E-state index contributed by atoms with van der Waals surface area (Å²) in [6.45, 7) is 14.3. The zero-order valence-electron chi connectivity index (χ0n) is 10.1. The average Bonchev–Trinajstić information content (AvgIpc) is 2.27. The van der Waals surface area contributed by atoms with Crippen LogP contribution in [-0.2, 0) is 0 Å². The summed E-state index contributed by atoms with van der Waals surface area (Å²) in [7, 11) is 6.55. The van der Waals surface area contributed by atoms with Crippen molar-refractivity contribution in [3.05, 3.63) is 24.8 Å². The zero-order valence-corrected chi connectivity index (χ0v) is 10.1. The fourth-order valence-electron chi connectivity index (χ4n) is 2.52. The highest BCUT2D eigenvalue weighted by atomic mass is 15.2. The molecule has 0 bridgehead atoms. The van der Waals surface area contributed by atoms with Crippen LogP contribution in [0.1, 0.15) is 33.1 Å². The predicted octanol–water partition coefficient (Wildman–Crippen LogP) is 2.74. The normalized spacial score (nSPS) is 29.7. The van der Waals surface area contributed by atoms with Gasteiger partial charge in [0.25, 0.3) is 0 Å². The smallest absolute Gasteiger partial charge is 0.0965 e. The lowest BCUT2D eigenvalue weighted by atomic mass is 9.61. The molecule has 1 aliphatic heterocycles. The van der Waals surface area contributed by atoms with Crippen LogP contribution in [0.2, 0.25) is 0 Å². The van der Waals surface area contributed by atoms with Crippen molar-refractivity contribution in [2.45, 2.75) is 38.5 Å². The minimum Gasteiger partial charge on any atom is -0.306 e. The summed E-state index contributed by atoms with van der Waals surface area (Å²) >= 11 is 0. The quantitative estimate of drug-likeness (QED) is 0.501. The molecule has 0 aromatic carbocycles. The van der Waals surface area contributed by atoms with E-state index in [0.717, 1.165) is 25.1 Å². The molecular formula is C13H22BN. The summed E-state index contributed by atoms with van der Waals surface area (Å²) in [5.41, 5.74) is 0.844. The van der Waals surface area contributed by atoms with E-state index < -0.39 is 0 Å². The molecule has 2 radical (unpaired) electrons. The van der Waals surface area contributed by atoms with Gasteiger partial charge in [-0.3, -0.25) is 0 Å². The molecule has 1 rings (SSSR count). The Kier molecular flexibility index (Phi) is 4.21. The average molecular weight is 203 g/mol. The van der Waals surface area contributed by atoms with Gasteiger partial charge >= 0.3 is 0 Å². The van der Waals surface area contributed by atoms with Crippen molar-refractivity contribution in [1.29, 1.82) is 0 Å². The molecule has 1 aliphatic rings. The first-order valence-electron chi connectivity index (χ1n) is 5.91. The Labute approximate surface area is 95.6 Å². The van der Waals surface area contributed by atoms with Gasteiger partial charge in [-0.1, -0.05) is 45.1 Å². The lowest BCUT2D eigenvalue weighted by Gasteiger charge is -2.49. The van der Waals surface area contributed by atoms with E-state index in [-0.39, 0.29) is 11.4 Å². The zero-order chi connectivity index (χ0) is 11.5. The Morgan fingerprint density at radius 1 is 1.60 bits per heavy atom. The number of nitrogens with zero attached hydrogens (tertiary/aromatic N) is 1. The third-order valence-electron chi connectivity index (χ3n) is 3.79. The van der Waals surface area contributed by atoms with E-state index in [9.17, 15) is 0 Å². The van der Waals surface area contributed by atoms with Crippen molar-refractivity contribution in [3.8, 4) is 0 Å². The number of likely N-dealkylation sites (tertiary alicyclic amines) is 1. The predicted molar refractivity (Wildman–Crippen MR) is 68.1 cm³/mol. The van der Waals surface area contributed by atoms with E-state index in [1.807, 2.05) is 6.08 Å². The lowest BCUT2D eigenvalue weighted by molar-refractivity contribution is 0.0890. The monoisotopic (exact) mass is 203 g/mol. The second-order valence-corrected chi connectivity index (χ2v) is 4.53. The maximum absolute atomic E-state index is 6.55. The molecule has 0 amide bonds. The molecule has 1 fully saturated rings. The van der Waals surface area contributed by atoms with Crippen LogP contribution in [0.5, 0.6) is 0 Å². The largest absolute Gasteiger partial charge is 0.306 e. The van der Waals surface area contributed by atoms with Crippen LogP contribution < -0.4 is 0 Å². The highest BCUT2D eigenvalue weighted by molar-refractivity contribution is 6.15. The Bertz CT molecular complexity index is 249. The molecule has 2 atom stereocenters. The molecule has 1 saturated heterocycles. The van der Waals surface area contributed by atoms with Gasteiger partial charge in [0.1, 0.15) is 0 Å². The molecule has 0 aliphatic carbocycles. The second kappa shape index (κ2) is 5.02. The minimum absolute atomic E-state index is 0.210. The Morgan fingerprint density at radius 2 is 2.27 bits per heavy atom. The lowest BCUT2D eigenvalue weighted by Crippen LogP contribution is -2.56. The van der Waals surface area contributed by atoms with E-state index in [1.54, 1.807) is 0 Å². The van der Waals surface area contributed by atoms with Gasteiger partial charge < -0.3 is 4.90 Å². The van der Waals surface area contributed by atoms with Crippen molar-refractivity contribution >= 4 is 7.85 Å². The van der Waals surface area contributed by atoms with Crippen molar-refractivity contribution < 1.29 is 0 Å². The molecule has 0 aromatic heterocycles. The van der Waals surface area contributed by atoms with Gasteiger partial charge in [0.05, 0.1) is 7.85 Å². The number of piperidine rings is 1. The van der Waals surface area contributed by atoms with Gasteiger partial charge in [0.2, 0.25) is 0 Å². The first kappa shape index (κ1) is 12.6. The summed E-state index contributed by atoms with van der Waals surface area (Å²) < 4.78 is 0. The summed E-state index contributed by atoms with van der Waals surface area (Å²) in [5, 5.41) is 0. The fourth-order valence-corrected chi connectivity index (χ4v) is 2.52. The summed E-state index contributed by atoms with van der Waals surface area (Å²) in [6.07, 6.45) is 5.39. The molecule has 2 heteroatoms. The molecular weight excluding hydrogens is 181 g/mol. The van der Waals surface area contributed by atoms with Gasteiger partial charge in [-0.05, 0) is 37.3 Å². The van der Waals surface area contributed by atoms with E-state index >= 15 is 0 Å². The van der Waals surface area contributed by atoms with E-state index in [4.69, 9.17) is 7.85 Å². The topological polar surface area (TPSA) is 3.24 Å². The van der Waals surface area contributed by atoms with E-state index in [2.05, 4.69) is 31.9 Å². The standard InChI is InChI=1S/C13H22BN/c1-5-11(3)12(4)13(14)9-7-8-10-15(13)6-2/h5,12H,1,3,6-10H2,2,4H3. The molecule has 0 aromatic rings. The Morgan fingerprint density at radius 3 is 2.80 bits per heavy atom. The minimum atomic E-state index is -0.210. The van der Waals surface area contributed by atoms with Crippen molar-refractivity contribution in [2.75, 3.05) is 13.1 Å². The van der Waals surface area contributed by atoms with E-state index in [1.165, 1.54) is 12.8 Å². The maximum atomic E-state index is 6.55. The highest BCUT2D eigenvalue weighted by Gasteiger charge is 2.37. The van der Waals surface area contributed by atoms with Gasteiger partial charge in [0.15, 0.2) is 0 Å². The molecule has 1 heterocycles. The fraction of sp³-hybridized carbons (Fsp3) is 0.692. The number of rotatable bonds is 4. The van der Waals surface area contributed by atoms with Crippen LogP contribution in [0.3, 0.4) is 0 Å². The molecule has 1 nitrogen and oxygen atoms in total. The van der Waals surface area contributed by atoms with Gasteiger partial charge in [-0.25, -0.2) is 0 Å². The third kappa shape index (κ3) is 2.36. The third-order valence-corrected chi connectivity index (χ3v) is 3.79. The van der Waals surface area contributed by atoms with E-state index in [0.29, 0.717) is 0 Å². The van der Waals surface area contributed by atoms with Gasteiger partial charge in [-0.2, -0.15) is 0 Å². The van der Waals surface area contributed by atoms with Crippen LogP contribution in [0.15, 0.2) is 24.8 Å². The number of hydrogen-bond acceptors (Lipinski definition) is 1. The summed E-state index contributed by atoms with van der Waals surface area (Å²) in [6, 6.07) is 0. The van der Waals surface area contributed by atoms with Crippen molar-refractivity contribution in [2.24, 2.45) is 5.92 Å². The van der Waals surface area contributed by atoms with Crippen molar-refractivity contribution in [3.63, 3.8) is 0 Å².